The lowest BCUT2D eigenvalue weighted by molar-refractivity contribution is 0.0736. The fourth-order valence-corrected chi connectivity index (χ4v) is 3.41. The largest absolute Gasteiger partial charge is 0.487 e. The summed E-state index contributed by atoms with van der Waals surface area (Å²) in [6.45, 7) is 0. The van der Waals surface area contributed by atoms with Crippen LogP contribution in [0.4, 0.5) is 4.39 Å². The molecule has 1 fully saturated rings. The Morgan fingerprint density at radius 3 is 2.65 bits per heavy atom. The van der Waals surface area contributed by atoms with Crippen LogP contribution in [0.1, 0.15) is 0 Å². The van der Waals surface area contributed by atoms with Gasteiger partial charge in [0.2, 0.25) is 0 Å². The van der Waals surface area contributed by atoms with Gasteiger partial charge >= 0.3 is 0 Å². The summed E-state index contributed by atoms with van der Waals surface area (Å²) in [4.78, 5) is 0. The molecule has 1 saturated heterocycles. The van der Waals surface area contributed by atoms with Gasteiger partial charge in [-0.25, -0.2) is 12.8 Å². The van der Waals surface area contributed by atoms with Crippen LogP contribution >= 0.6 is 11.6 Å². The Morgan fingerprint density at radius 1 is 1.41 bits per heavy atom. The molecule has 0 spiro atoms. The van der Waals surface area contributed by atoms with Gasteiger partial charge in [0.15, 0.2) is 9.84 Å². The highest BCUT2D eigenvalue weighted by molar-refractivity contribution is 7.91. The van der Waals surface area contributed by atoms with Crippen LogP contribution in [0, 0.1) is 5.82 Å². The van der Waals surface area contributed by atoms with E-state index in [-0.39, 0.29) is 22.3 Å². The van der Waals surface area contributed by atoms with Crippen LogP contribution < -0.4 is 4.74 Å². The molecule has 2 rings (SSSR count). The van der Waals surface area contributed by atoms with E-state index in [1.54, 1.807) is 0 Å². The van der Waals surface area contributed by atoms with Crippen molar-refractivity contribution in [1.82, 2.24) is 0 Å². The van der Waals surface area contributed by atoms with Crippen LogP contribution in [0.15, 0.2) is 18.2 Å². The van der Waals surface area contributed by atoms with Gasteiger partial charge in [-0.15, -0.1) is 0 Å². The van der Waals surface area contributed by atoms with Crippen molar-refractivity contribution in [2.75, 3.05) is 11.5 Å². The van der Waals surface area contributed by atoms with Crippen LogP contribution in [-0.2, 0) is 9.84 Å². The number of benzene rings is 1. The summed E-state index contributed by atoms with van der Waals surface area (Å²) in [5, 5.41) is 9.44. The minimum Gasteiger partial charge on any atom is -0.487 e. The standard InChI is InChI=1S/C10H10ClFO4S/c11-7-2-1-6(3-8(7)12)16-10-5-17(14,15)4-9(10)13/h1-3,9-10,13H,4-5H2. The molecule has 2 atom stereocenters. The molecule has 17 heavy (non-hydrogen) atoms. The second kappa shape index (κ2) is 4.44. The predicted molar refractivity (Wildman–Crippen MR) is 60.5 cm³/mol. The molecule has 0 aromatic heterocycles. The molecule has 0 saturated carbocycles. The zero-order valence-corrected chi connectivity index (χ0v) is 10.2. The highest BCUT2D eigenvalue weighted by Crippen LogP contribution is 2.24. The van der Waals surface area contributed by atoms with E-state index in [0.29, 0.717) is 0 Å². The lowest BCUT2D eigenvalue weighted by Crippen LogP contribution is -2.29. The van der Waals surface area contributed by atoms with E-state index in [1.807, 2.05) is 0 Å². The molecule has 0 aliphatic carbocycles. The summed E-state index contributed by atoms with van der Waals surface area (Å²) in [6.07, 6.45) is -1.95. The summed E-state index contributed by atoms with van der Waals surface area (Å²) >= 11 is 5.50. The van der Waals surface area contributed by atoms with Gasteiger partial charge in [0.05, 0.1) is 16.5 Å². The average molecular weight is 281 g/mol. The molecule has 2 unspecified atom stereocenters. The van der Waals surface area contributed by atoms with Crippen molar-refractivity contribution in [1.29, 1.82) is 0 Å². The van der Waals surface area contributed by atoms with Gasteiger partial charge in [0.25, 0.3) is 0 Å². The molecule has 1 aliphatic heterocycles. The molecule has 1 aliphatic rings. The third-order valence-electron chi connectivity index (χ3n) is 2.45. The van der Waals surface area contributed by atoms with Gasteiger partial charge in [-0.05, 0) is 12.1 Å². The van der Waals surface area contributed by atoms with Crippen LogP contribution in [0.5, 0.6) is 5.75 Å². The first-order valence-corrected chi connectivity index (χ1v) is 7.07. The molecule has 7 heteroatoms. The van der Waals surface area contributed by atoms with Crippen molar-refractivity contribution in [3.8, 4) is 5.75 Å². The number of aliphatic hydroxyl groups is 1. The SMILES string of the molecule is O=S1(=O)CC(O)C(Oc2ccc(Cl)c(F)c2)C1. The highest BCUT2D eigenvalue weighted by atomic mass is 35.5. The van der Waals surface area contributed by atoms with Gasteiger partial charge in [0, 0.05) is 6.07 Å². The second-order valence-corrected chi connectivity index (χ2v) is 6.44. The fraction of sp³-hybridized carbons (Fsp3) is 0.400. The lowest BCUT2D eigenvalue weighted by atomic mass is 10.2. The van der Waals surface area contributed by atoms with Crippen LogP contribution in [0.2, 0.25) is 5.02 Å². The van der Waals surface area contributed by atoms with Crippen molar-refractivity contribution in [2.45, 2.75) is 12.2 Å². The zero-order valence-electron chi connectivity index (χ0n) is 8.64. The lowest BCUT2D eigenvalue weighted by Gasteiger charge is -2.15. The van der Waals surface area contributed by atoms with Crippen molar-refractivity contribution in [2.24, 2.45) is 0 Å². The van der Waals surface area contributed by atoms with Gasteiger partial charge < -0.3 is 9.84 Å². The molecule has 4 nitrogen and oxygen atoms in total. The summed E-state index contributed by atoms with van der Waals surface area (Å²) in [6, 6.07) is 3.78. The van der Waals surface area contributed by atoms with E-state index in [2.05, 4.69) is 0 Å². The average Bonchev–Trinajstić information content (AvgIpc) is 2.46. The van der Waals surface area contributed by atoms with E-state index in [0.717, 1.165) is 6.07 Å². The zero-order chi connectivity index (χ0) is 12.6. The first-order valence-electron chi connectivity index (χ1n) is 4.87. The number of sulfone groups is 1. The van der Waals surface area contributed by atoms with Crippen molar-refractivity contribution < 1.29 is 22.7 Å². The monoisotopic (exact) mass is 280 g/mol. The summed E-state index contributed by atoms with van der Waals surface area (Å²) < 4.78 is 40.8. The van der Waals surface area contributed by atoms with Gasteiger partial charge in [-0.2, -0.15) is 0 Å². The molecular weight excluding hydrogens is 271 g/mol. The first kappa shape index (κ1) is 12.6. The number of rotatable bonds is 2. The van der Waals surface area contributed by atoms with Gasteiger partial charge in [-0.1, -0.05) is 11.6 Å². The second-order valence-electron chi connectivity index (χ2n) is 3.88. The Hall–Kier alpha value is -0.850. The summed E-state index contributed by atoms with van der Waals surface area (Å²) in [5.41, 5.74) is 0. The molecule has 0 amide bonds. The number of hydrogen-bond acceptors (Lipinski definition) is 4. The number of ether oxygens (including phenoxy) is 1. The van der Waals surface area contributed by atoms with E-state index < -0.39 is 27.9 Å². The third kappa shape index (κ3) is 2.88. The maximum Gasteiger partial charge on any atom is 0.156 e. The Morgan fingerprint density at radius 2 is 2.12 bits per heavy atom. The predicted octanol–water partition coefficient (Wildman–Crippen LogP) is 1.02. The molecule has 94 valence electrons. The highest BCUT2D eigenvalue weighted by Gasteiger charge is 2.38. The van der Waals surface area contributed by atoms with Crippen LogP contribution in [0.3, 0.4) is 0 Å². The first-order chi connectivity index (χ1) is 7.87. The fourth-order valence-electron chi connectivity index (χ4n) is 1.63. The maximum atomic E-state index is 13.1. The minimum absolute atomic E-state index is 0.0445. The van der Waals surface area contributed by atoms with Crippen molar-refractivity contribution >= 4 is 21.4 Å². The number of aliphatic hydroxyl groups excluding tert-OH is 1. The Bertz CT molecular complexity index is 531. The number of hydrogen-bond donors (Lipinski definition) is 1. The number of halogens is 2. The molecule has 1 N–H and O–H groups in total. The van der Waals surface area contributed by atoms with Gasteiger partial charge in [-0.3, -0.25) is 0 Å². The van der Waals surface area contributed by atoms with E-state index in [4.69, 9.17) is 16.3 Å². The molecule has 1 aromatic rings. The van der Waals surface area contributed by atoms with Crippen molar-refractivity contribution in [3.05, 3.63) is 29.0 Å². The third-order valence-corrected chi connectivity index (χ3v) is 4.44. The van der Waals surface area contributed by atoms with Crippen LogP contribution in [0.25, 0.3) is 0 Å². The molecule has 0 bridgehead atoms. The normalized spacial score (nSPS) is 27.0. The maximum absolute atomic E-state index is 13.1. The topological polar surface area (TPSA) is 63.6 Å². The minimum atomic E-state index is -3.28. The smallest absolute Gasteiger partial charge is 0.156 e. The van der Waals surface area contributed by atoms with E-state index in [9.17, 15) is 17.9 Å². The summed E-state index contributed by atoms with van der Waals surface area (Å²) in [5.74, 6) is -1.10. The Balaban J connectivity index is 2.14. The molecule has 1 aromatic carbocycles. The molecular formula is C10H10ClFO4S. The van der Waals surface area contributed by atoms with E-state index in [1.165, 1.54) is 12.1 Å². The van der Waals surface area contributed by atoms with Gasteiger partial charge in [0.1, 0.15) is 23.8 Å². The van der Waals surface area contributed by atoms with E-state index >= 15 is 0 Å². The Labute approximate surface area is 103 Å². The molecule has 1 heterocycles. The Kier molecular flexibility index (Phi) is 3.29. The molecule has 0 radical (unpaired) electrons. The van der Waals surface area contributed by atoms with Crippen LogP contribution in [-0.4, -0.2) is 37.2 Å². The van der Waals surface area contributed by atoms with Crippen molar-refractivity contribution in [3.63, 3.8) is 0 Å². The quantitative estimate of drug-likeness (QED) is 0.878. The summed E-state index contributed by atoms with van der Waals surface area (Å²) in [7, 11) is -3.28.